The monoisotopic (exact) mass is 328 g/mol. The Morgan fingerprint density at radius 2 is 1.83 bits per heavy atom. The number of nitrogens with one attached hydrogen (secondary N) is 2. The summed E-state index contributed by atoms with van der Waals surface area (Å²) in [5, 5.41) is 7.65. The highest BCUT2D eigenvalue weighted by molar-refractivity contribution is 7.10. The minimum atomic E-state index is -0.0997. The summed E-state index contributed by atoms with van der Waals surface area (Å²) < 4.78 is 0. The average molecular weight is 328 g/mol. The lowest BCUT2D eigenvalue weighted by atomic mass is 9.95. The zero-order valence-corrected chi connectivity index (χ0v) is 14.0. The molecule has 1 aliphatic rings. The fourth-order valence-electron chi connectivity index (χ4n) is 2.85. The minimum Gasteiger partial charge on any atom is -0.352 e. The highest BCUT2D eigenvalue weighted by Gasteiger charge is 2.20. The molecule has 5 heteroatoms. The van der Waals surface area contributed by atoms with Gasteiger partial charge >= 0.3 is 0 Å². The summed E-state index contributed by atoms with van der Waals surface area (Å²) in [6.45, 7) is 2.48. The van der Waals surface area contributed by atoms with Crippen LogP contribution in [-0.4, -0.2) is 18.4 Å². The third-order valence-corrected chi connectivity index (χ3v) is 5.14. The number of carbonyl (C=O) groups is 2. The largest absolute Gasteiger partial charge is 0.352 e. The second kappa shape index (κ2) is 6.96. The molecule has 120 valence electrons. The standard InChI is InChI=1S/C18H20N2O2S/c1-2-19-17(21)12-7-9-13(10-8-12)20-18(22)15-11-23-16-6-4-3-5-14(15)16/h7-11H,2-6H2,1H3,(H,19,21)(H,20,22). The van der Waals surface area contributed by atoms with Crippen molar-refractivity contribution in [2.45, 2.75) is 32.6 Å². The molecule has 23 heavy (non-hydrogen) atoms. The molecule has 4 nitrogen and oxygen atoms in total. The van der Waals surface area contributed by atoms with Crippen LogP contribution in [0.1, 0.15) is 50.9 Å². The van der Waals surface area contributed by atoms with Gasteiger partial charge < -0.3 is 10.6 Å². The van der Waals surface area contributed by atoms with Gasteiger partial charge in [0.05, 0.1) is 5.56 Å². The molecule has 2 N–H and O–H groups in total. The topological polar surface area (TPSA) is 58.2 Å². The molecule has 2 amide bonds. The first-order valence-corrected chi connectivity index (χ1v) is 8.86. The van der Waals surface area contributed by atoms with E-state index >= 15 is 0 Å². The summed E-state index contributed by atoms with van der Waals surface area (Å²) in [5.41, 5.74) is 3.33. The first-order chi connectivity index (χ1) is 11.2. The summed E-state index contributed by atoms with van der Waals surface area (Å²) in [6.07, 6.45) is 4.47. The van der Waals surface area contributed by atoms with Gasteiger partial charge in [0.1, 0.15) is 0 Å². The maximum absolute atomic E-state index is 12.5. The van der Waals surface area contributed by atoms with Crippen molar-refractivity contribution in [1.29, 1.82) is 0 Å². The quantitative estimate of drug-likeness (QED) is 0.900. The van der Waals surface area contributed by atoms with Crippen LogP contribution < -0.4 is 10.6 Å². The Hall–Kier alpha value is -2.14. The van der Waals surface area contributed by atoms with Gasteiger partial charge in [0.2, 0.25) is 0 Å². The molecule has 1 aromatic carbocycles. The number of carbonyl (C=O) groups excluding carboxylic acids is 2. The lowest BCUT2D eigenvalue weighted by Gasteiger charge is -2.13. The van der Waals surface area contributed by atoms with Crippen LogP contribution in [0.2, 0.25) is 0 Å². The Morgan fingerprint density at radius 1 is 1.09 bits per heavy atom. The van der Waals surface area contributed by atoms with Crippen molar-refractivity contribution >= 4 is 28.8 Å². The molecule has 0 saturated heterocycles. The van der Waals surface area contributed by atoms with E-state index in [1.807, 2.05) is 12.3 Å². The number of rotatable bonds is 4. The van der Waals surface area contributed by atoms with Crippen molar-refractivity contribution in [3.8, 4) is 0 Å². The van der Waals surface area contributed by atoms with Crippen LogP contribution >= 0.6 is 11.3 Å². The zero-order chi connectivity index (χ0) is 16.2. The minimum absolute atomic E-state index is 0.0600. The van der Waals surface area contributed by atoms with Crippen molar-refractivity contribution < 1.29 is 9.59 Å². The predicted molar refractivity (Wildman–Crippen MR) is 93.4 cm³/mol. The highest BCUT2D eigenvalue weighted by atomic mass is 32.1. The molecule has 3 rings (SSSR count). The van der Waals surface area contributed by atoms with Gasteiger partial charge in [-0.05, 0) is 62.4 Å². The average Bonchev–Trinajstić information content (AvgIpc) is 3.00. The van der Waals surface area contributed by atoms with Crippen LogP contribution in [0.25, 0.3) is 0 Å². The lowest BCUT2D eigenvalue weighted by Crippen LogP contribution is -2.22. The molecule has 0 unspecified atom stereocenters. The number of benzene rings is 1. The maximum atomic E-state index is 12.5. The summed E-state index contributed by atoms with van der Waals surface area (Å²) in [6, 6.07) is 6.98. The van der Waals surface area contributed by atoms with Gasteiger partial charge in [-0.15, -0.1) is 11.3 Å². The van der Waals surface area contributed by atoms with Gasteiger partial charge in [-0.2, -0.15) is 0 Å². The number of thiophene rings is 1. The van der Waals surface area contributed by atoms with E-state index in [4.69, 9.17) is 0 Å². The van der Waals surface area contributed by atoms with Crippen LogP contribution in [0, 0.1) is 0 Å². The molecule has 0 fully saturated rings. The molecular weight excluding hydrogens is 308 g/mol. The molecule has 1 aromatic heterocycles. The Balaban J connectivity index is 1.71. The number of amides is 2. The Morgan fingerprint density at radius 3 is 2.57 bits per heavy atom. The molecule has 0 aliphatic heterocycles. The number of anilines is 1. The first kappa shape index (κ1) is 15.7. The molecule has 0 atom stereocenters. The Bertz CT molecular complexity index is 719. The van der Waals surface area contributed by atoms with Gasteiger partial charge in [0.15, 0.2) is 0 Å². The highest BCUT2D eigenvalue weighted by Crippen LogP contribution is 2.30. The van der Waals surface area contributed by atoms with Crippen LogP contribution in [0.15, 0.2) is 29.6 Å². The summed E-state index contributed by atoms with van der Waals surface area (Å²) in [4.78, 5) is 25.6. The van der Waals surface area contributed by atoms with Crippen molar-refractivity contribution in [1.82, 2.24) is 5.32 Å². The first-order valence-electron chi connectivity index (χ1n) is 7.98. The third kappa shape index (κ3) is 3.45. The van der Waals surface area contributed by atoms with Crippen LogP contribution in [0.3, 0.4) is 0 Å². The summed E-state index contributed by atoms with van der Waals surface area (Å²) in [7, 11) is 0. The van der Waals surface area contributed by atoms with Gasteiger partial charge in [0, 0.05) is 28.1 Å². The van der Waals surface area contributed by atoms with Gasteiger partial charge in [-0.1, -0.05) is 0 Å². The van der Waals surface area contributed by atoms with Crippen molar-refractivity contribution in [3.05, 3.63) is 51.2 Å². The van der Waals surface area contributed by atoms with Crippen LogP contribution in [0.5, 0.6) is 0 Å². The summed E-state index contributed by atoms with van der Waals surface area (Å²) >= 11 is 1.69. The van der Waals surface area contributed by atoms with Gasteiger partial charge in [-0.25, -0.2) is 0 Å². The summed E-state index contributed by atoms with van der Waals surface area (Å²) in [5.74, 6) is -0.160. The molecule has 2 aromatic rings. The van der Waals surface area contributed by atoms with E-state index in [0.29, 0.717) is 17.8 Å². The molecule has 0 saturated carbocycles. The molecule has 0 bridgehead atoms. The number of fused-ring (bicyclic) bond motifs is 1. The van der Waals surface area contributed by atoms with Crippen LogP contribution in [-0.2, 0) is 12.8 Å². The van der Waals surface area contributed by atoms with E-state index < -0.39 is 0 Å². The Labute approximate surface area is 139 Å². The predicted octanol–water partition coefficient (Wildman–Crippen LogP) is 3.63. The van der Waals surface area contributed by atoms with Crippen molar-refractivity contribution in [3.63, 3.8) is 0 Å². The molecular formula is C18H20N2O2S. The number of hydrogen-bond acceptors (Lipinski definition) is 3. The second-order valence-corrected chi connectivity index (χ2v) is 6.61. The van der Waals surface area contributed by atoms with Crippen LogP contribution in [0.4, 0.5) is 5.69 Å². The van der Waals surface area contributed by atoms with E-state index in [1.54, 1.807) is 35.6 Å². The van der Waals surface area contributed by atoms with E-state index in [9.17, 15) is 9.59 Å². The molecule has 1 aliphatic carbocycles. The smallest absolute Gasteiger partial charge is 0.256 e. The second-order valence-electron chi connectivity index (χ2n) is 5.65. The number of aryl methyl sites for hydroxylation is 1. The van der Waals surface area contributed by atoms with Gasteiger partial charge in [-0.3, -0.25) is 9.59 Å². The molecule has 1 heterocycles. The Kier molecular flexibility index (Phi) is 4.76. The SMILES string of the molecule is CCNC(=O)c1ccc(NC(=O)c2csc3c2CCCC3)cc1. The van der Waals surface area contributed by atoms with Crippen molar-refractivity contribution in [2.24, 2.45) is 0 Å². The normalized spacial score (nSPS) is 13.3. The van der Waals surface area contributed by atoms with E-state index in [-0.39, 0.29) is 11.8 Å². The third-order valence-electron chi connectivity index (χ3n) is 4.05. The zero-order valence-electron chi connectivity index (χ0n) is 13.1. The van der Waals surface area contributed by atoms with Gasteiger partial charge in [0.25, 0.3) is 11.8 Å². The molecule has 0 spiro atoms. The van der Waals surface area contributed by atoms with Crippen molar-refractivity contribution in [2.75, 3.05) is 11.9 Å². The van der Waals surface area contributed by atoms with E-state index in [1.165, 1.54) is 16.9 Å². The van der Waals surface area contributed by atoms with E-state index in [2.05, 4.69) is 10.6 Å². The lowest BCUT2D eigenvalue weighted by molar-refractivity contribution is 0.0955. The maximum Gasteiger partial charge on any atom is 0.256 e. The van der Waals surface area contributed by atoms with E-state index in [0.717, 1.165) is 24.8 Å². The number of hydrogen-bond donors (Lipinski definition) is 2. The fraction of sp³-hybridized carbons (Fsp3) is 0.333. The molecule has 0 radical (unpaired) electrons. The fourth-order valence-corrected chi connectivity index (χ4v) is 3.98.